The highest BCUT2D eigenvalue weighted by Gasteiger charge is 2.43. The van der Waals surface area contributed by atoms with E-state index in [1.165, 1.54) is 0 Å². The Kier molecular flexibility index (Phi) is 4.16. The van der Waals surface area contributed by atoms with Crippen molar-refractivity contribution in [1.29, 1.82) is 0 Å². The Labute approximate surface area is 115 Å². The third-order valence-electron chi connectivity index (χ3n) is 4.61. The average molecular weight is 267 g/mol. The molecule has 0 bridgehead atoms. The first-order valence-electron chi connectivity index (χ1n) is 7.40. The van der Waals surface area contributed by atoms with Crippen LogP contribution in [0.3, 0.4) is 0 Å². The Morgan fingerprint density at radius 2 is 1.42 bits per heavy atom. The average Bonchev–Trinajstić information content (AvgIpc) is 2.69. The predicted molar refractivity (Wildman–Crippen MR) is 72.5 cm³/mol. The molecule has 5 atom stereocenters. The fourth-order valence-corrected chi connectivity index (χ4v) is 3.91. The number of nitrogens with zero attached hydrogens (tertiary/aromatic N) is 1. The van der Waals surface area contributed by atoms with E-state index in [9.17, 15) is 14.7 Å². The summed E-state index contributed by atoms with van der Waals surface area (Å²) in [6.45, 7) is 7.97. The van der Waals surface area contributed by atoms with Gasteiger partial charge in [0.1, 0.15) is 0 Å². The maximum absolute atomic E-state index is 12.6. The van der Waals surface area contributed by atoms with Gasteiger partial charge in [-0.05, 0) is 37.0 Å². The number of hydrogen-bond donors (Lipinski definition) is 1. The van der Waals surface area contributed by atoms with Crippen LogP contribution in [0, 0.1) is 29.6 Å². The van der Waals surface area contributed by atoms with Crippen molar-refractivity contribution in [2.75, 3.05) is 13.1 Å². The zero-order chi connectivity index (χ0) is 14.2. The summed E-state index contributed by atoms with van der Waals surface area (Å²) < 4.78 is 0. The third kappa shape index (κ3) is 3.10. The van der Waals surface area contributed by atoms with Crippen LogP contribution >= 0.6 is 0 Å². The Bertz CT molecular complexity index is 358. The third-order valence-corrected chi connectivity index (χ3v) is 4.61. The van der Waals surface area contributed by atoms with E-state index in [2.05, 4.69) is 13.8 Å². The maximum Gasteiger partial charge on any atom is 0.307 e. The van der Waals surface area contributed by atoms with Crippen LogP contribution < -0.4 is 0 Å². The molecule has 0 aromatic heterocycles. The number of piperidine rings is 1. The topological polar surface area (TPSA) is 57.6 Å². The highest BCUT2D eigenvalue weighted by Crippen LogP contribution is 2.38. The molecule has 1 amide bonds. The fourth-order valence-electron chi connectivity index (χ4n) is 3.91. The molecule has 4 nitrogen and oxygen atoms in total. The second-order valence-corrected chi connectivity index (χ2v) is 6.82. The minimum atomic E-state index is -0.805. The summed E-state index contributed by atoms with van der Waals surface area (Å²) in [5.74, 6) is -0.115. The molecule has 19 heavy (non-hydrogen) atoms. The van der Waals surface area contributed by atoms with E-state index in [4.69, 9.17) is 0 Å². The summed E-state index contributed by atoms with van der Waals surface area (Å²) in [4.78, 5) is 25.8. The molecule has 1 N–H and O–H groups in total. The van der Waals surface area contributed by atoms with Crippen molar-refractivity contribution in [1.82, 2.24) is 4.90 Å². The van der Waals surface area contributed by atoms with Crippen molar-refractivity contribution in [2.45, 2.75) is 40.0 Å². The van der Waals surface area contributed by atoms with Crippen molar-refractivity contribution in [3.05, 3.63) is 0 Å². The van der Waals surface area contributed by atoms with Gasteiger partial charge >= 0.3 is 5.97 Å². The van der Waals surface area contributed by atoms with Crippen LogP contribution in [0.15, 0.2) is 0 Å². The molecule has 0 aromatic carbocycles. The highest BCUT2D eigenvalue weighted by molar-refractivity contribution is 5.85. The molecule has 2 aliphatic rings. The van der Waals surface area contributed by atoms with E-state index < -0.39 is 11.9 Å². The van der Waals surface area contributed by atoms with Gasteiger partial charge < -0.3 is 10.0 Å². The summed E-state index contributed by atoms with van der Waals surface area (Å²) in [7, 11) is 0. The number of carboxylic acids is 1. The minimum Gasteiger partial charge on any atom is -0.481 e. The van der Waals surface area contributed by atoms with Crippen LogP contribution in [0.2, 0.25) is 0 Å². The lowest BCUT2D eigenvalue weighted by atomic mass is 9.89. The van der Waals surface area contributed by atoms with Crippen molar-refractivity contribution in [2.24, 2.45) is 29.6 Å². The maximum atomic E-state index is 12.6. The van der Waals surface area contributed by atoms with Gasteiger partial charge in [0, 0.05) is 13.1 Å². The van der Waals surface area contributed by atoms with E-state index in [1.54, 1.807) is 0 Å². The van der Waals surface area contributed by atoms with Gasteiger partial charge in [-0.25, -0.2) is 0 Å². The van der Waals surface area contributed by atoms with Crippen molar-refractivity contribution < 1.29 is 14.7 Å². The Balaban J connectivity index is 2.07. The molecule has 5 unspecified atom stereocenters. The van der Waals surface area contributed by atoms with Crippen LogP contribution in [0.1, 0.15) is 40.0 Å². The van der Waals surface area contributed by atoms with Gasteiger partial charge in [-0.2, -0.15) is 0 Å². The predicted octanol–water partition coefficient (Wildman–Crippen LogP) is 2.24. The smallest absolute Gasteiger partial charge is 0.307 e. The fraction of sp³-hybridized carbons (Fsp3) is 0.867. The van der Waals surface area contributed by atoms with E-state index in [0.717, 1.165) is 25.9 Å². The first-order valence-corrected chi connectivity index (χ1v) is 7.40. The SMILES string of the molecule is CC1CC(C(=O)O)C(C(=O)N2CC(C)CC(C)C2)C1. The number of aliphatic carboxylic acids is 1. The van der Waals surface area contributed by atoms with Gasteiger partial charge in [-0.3, -0.25) is 9.59 Å². The van der Waals surface area contributed by atoms with E-state index in [1.807, 2.05) is 11.8 Å². The summed E-state index contributed by atoms with van der Waals surface area (Å²) in [6, 6.07) is 0. The Morgan fingerprint density at radius 3 is 1.95 bits per heavy atom. The van der Waals surface area contributed by atoms with Gasteiger partial charge in [0.25, 0.3) is 0 Å². The Morgan fingerprint density at radius 1 is 0.895 bits per heavy atom. The van der Waals surface area contributed by atoms with Crippen molar-refractivity contribution in [3.63, 3.8) is 0 Å². The summed E-state index contributed by atoms with van der Waals surface area (Å²) in [5, 5.41) is 9.28. The number of rotatable bonds is 2. The molecular formula is C15H25NO3. The number of carbonyl (C=O) groups excluding carboxylic acids is 1. The first-order chi connectivity index (χ1) is 8.88. The zero-order valence-corrected chi connectivity index (χ0v) is 12.1. The van der Waals surface area contributed by atoms with Gasteiger partial charge in [-0.1, -0.05) is 20.8 Å². The van der Waals surface area contributed by atoms with Crippen LogP contribution in [0.4, 0.5) is 0 Å². The molecule has 1 saturated heterocycles. The number of carbonyl (C=O) groups is 2. The minimum absolute atomic E-state index is 0.0788. The molecule has 1 aliphatic heterocycles. The number of hydrogen-bond acceptors (Lipinski definition) is 2. The largest absolute Gasteiger partial charge is 0.481 e. The van der Waals surface area contributed by atoms with Crippen molar-refractivity contribution >= 4 is 11.9 Å². The molecule has 108 valence electrons. The van der Waals surface area contributed by atoms with E-state index >= 15 is 0 Å². The number of likely N-dealkylation sites (tertiary alicyclic amines) is 1. The van der Waals surface area contributed by atoms with Gasteiger partial charge in [0.15, 0.2) is 0 Å². The summed E-state index contributed by atoms with van der Waals surface area (Å²) in [6.07, 6.45) is 2.53. The van der Waals surface area contributed by atoms with Crippen molar-refractivity contribution in [3.8, 4) is 0 Å². The lowest BCUT2D eigenvalue weighted by Gasteiger charge is -2.37. The zero-order valence-electron chi connectivity index (χ0n) is 12.1. The molecule has 2 fully saturated rings. The summed E-state index contributed by atoms with van der Waals surface area (Å²) >= 11 is 0. The molecule has 0 aromatic rings. The molecule has 1 aliphatic carbocycles. The molecule has 0 radical (unpaired) electrons. The highest BCUT2D eigenvalue weighted by atomic mass is 16.4. The summed E-state index contributed by atoms with van der Waals surface area (Å²) in [5.41, 5.74) is 0. The molecule has 1 saturated carbocycles. The Hall–Kier alpha value is -1.06. The number of carboxylic acid groups (broad SMARTS) is 1. The van der Waals surface area contributed by atoms with Gasteiger partial charge in [-0.15, -0.1) is 0 Å². The molecule has 4 heteroatoms. The molecular weight excluding hydrogens is 242 g/mol. The van der Waals surface area contributed by atoms with Gasteiger partial charge in [0.2, 0.25) is 5.91 Å². The standard InChI is InChI=1S/C15H25NO3/c1-9-5-12(13(6-9)15(18)19)14(17)16-7-10(2)4-11(3)8-16/h9-13H,4-8H2,1-3H3,(H,18,19). The van der Waals surface area contributed by atoms with Crippen LogP contribution in [0.5, 0.6) is 0 Å². The monoisotopic (exact) mass is 267 g/mol. The second-order valence-electron chi connectivity index (χ2n) is 6.82. The molecule has 0 spiro atoms. The van der Waals surface area contributed by atoms with E-state index in [0.29, 0.717) is 24.2 Å². The lowest BCUT2D eigenvalue weighted by molar-refractivity contribution is -0.150. The quantitative estimate of drug-likeness (QED) is 0.834. The lowest BCUT2D eigenvalue weighted by Crippen LogP contribution is -2.46. The second kappa shape index (κ2) is 5.51. The first kappa shape index (κ1) is 14.4. The van der Waals surface area contributed by atoms with Crippen LogP contribution in [0.25, 0.3) is 0 Å². The molecule has 2 rings (SSSR count). The van der Waals surface area contributed by atoms with Crippen LogP contribution in [-0.2, 0) is 9.59 Å². The normalized spacial score (nSPS) is 39.3. The molecule has 1 heterocycles. The van der Waals surface area contributed by atoms with Crippen LogP contribution in [-0.4, -0.2) is 35.0 Å². The van der Waals surface area contributed by atoms with Gasteiger partial charge in [0.05, 0.1) is 11.8 Å². The number of amides is 1. The van der Waals surface area contributed by atoms with E-state index in [-0.39, 0.29) is 11.8 Å².